The molecule has 0 aromatic carbocycles. The van der Waals surface area contributed by atoms with Crippen LogP contribution in [-0.2, 0) is 11.0 Å². The van der Waals surface area contributed by atoms with Crippen LogP contribution in [0.25, 0.3) is 0 Å². The lowest BCUT2D eigenvalue weighted by molar-refractivity contribution is -0.140. The van der Waals surface area contributed by atoms with E-state index in [-0.39, 0.29) is 16.6 Å². The lowest BCUT2D eigenvalue weighted by Crippen LogP contribution is -2.57. The van der Waals surface area contributed by atoms with E-state index >= 15 is 0 Å². The van der Waals surface area contributed by atoms with Crippen LogP contribution in [-0.4, -0.2) is 30.7 Å². The zero-order valence-electron chi connectivity index (χ0n) is 17.5. The lowest BCUT2D eigenvalue weighted by atomic mass is 9.68. The monoisotopic (exact) mass is 457 g/mol. The van der Waals surface area contributed by atoms with E-state index in [1.165, 1.54) is 7.11 Å². The topological polar surface area (TPSA) is 60.7 Å². The molecule has 0 spiro atoms. The van der Waals surface area contributed by atoms with Crippen molar-refractivity contribution in [2.45, 2.75) is 83.3 Å². The van der Waals surface area contributed by atoms with Gasteiger partial charge >= 0.3 is 0 Å². The Morgan fingerprint density at radius 2 is 1.96 bits per heavy atom. The molecule has 152 valence electrons. The number of fused-ring (bicyclic) bond motifs is 2. The number of aliphatic hydroxyl groups is 1. The van der Waals surface area contributed by atoms with Gasteiger partial charge in [-0.1, -0.05) is 27.7 Å². The number of aromatic nitrogens is 1. The van der Waals surface area contributed by atoms with Crippen molar-refractivity contribution >= 4 is 24.2 Å². The number of ether oxygens (including phenoxy) is 1. The Morgan fingerprint density at radius 1 is 1.33 bits per heavy atom. The molecule has 0 saturated heterocycles. The molecule has 0 radical (unpaired) electrons. The Morgan fingerprint density at radius 3 is 2.52 bits per heavy atom. The van der Waals surface area contributed by atoms with Gasteiger partial charge in [-0.15, -0.1) is 0 Å². The van der Waals surface area contributed by atoms with Gasteiger partial charge in [0.15, 0.2) is 14.1 Å². The first-order chi connectivity index (χ1) is 12.3. The number of pyridine rings is 1. The van der Waals surface area contributed by atoms with E-state index < -0.39 is 19.3 Å². The summed E-state index contributed by atoms with van der Waals surface area (Å²) in [6.45, 7) is 13.6. The highest BCUT2D eigenvalue weighted by molar-refractivity contribution is 9.10. The molecule has 3 atom stereocenters. The summed E-state index contributed by atoms with van der Waals surface area (Å²) < 4.78 is 14.9. The van der Waals surface area contributed by atoms with Crippen LogP contribution in [0.4, 0.5) is 0 Å². The molecule has 1 aromatic heterocycles. The summed E-state index contributed by atoms with van der Waals surface area (Å²) >= 11 is 3.36. The van der Waals surface area contributed by atoms with Crippen LogP contribution in [0.15, 0.2) is 15.5 Å². The average Bonchev–Trinajstić information content (AvgIpc) is 2.83. The normalized spacial score (nSPS) is 30.8. The van der Waals surface area contributed by atoms with E-state index in [1.54, 1.807) is 6.20 Å². The Labute approximate surface area is 171 Å². The smallest absolute Gasteiger partial charge is 0.237 e. The third kappa shape index (κ3) is 3.05. The molecule has 0 bridgehead atoms. The van der Waals surface area contributed by atoms with Gasteiger partial charge in [0.1, 0.15) is 0 Å². The van der Waals surface area contributed by atoms with Gasteiger partial charge in [0.2, 0.25) is 5.43 Å². The van der Waals surface area contributed by atoms with Crippen molar-refractivity contribution in [2.75, 3.05) is 7.11 Å². The molecule has 1 N–H and O–H groups in total. The number of hydrogen-bond donors (Lipinski definition) is 1. The maximum atomic E-state index is 12.8. The van der Waals surface area contributed by atoms with Gasteiger partial charge in [-0.25, -0.2) is 0 Å². The largest absolute Gasteiger partial charge is 0.491 e. The van der Waals surface area contributed by atoms with Crippen molar-refractivity contribution in [3.8, 4) is 5.75 Å². The van der Waals surface area contributed by atoms with Crippen molar-refractivity contribution in [2.24, 2.45) is 5.41 Å². The standard InChI is InChI=1S/C20H32BrNO4Si/c1-18(2,3)27(6,7)26-17-14-16(25-5)15(23)13(21)11-22(14)12-20(24)10-8-9-19(17,20)4/h11,17,24H,8-10,12H2,1-7H3. The molecule has 5 nitrogen and oxygen atoms in total. The molecule has 0 amide bonds. The molecule has 7 heteroatoms. The van der Waals surface area contributed by atoms with Crippen LogP contribution >= 0.6 is 15.9 Å². The van der Waals surface area contributed by atoms with E-state index in [0.717, 1.165) is 25.0 Å². The van der Waals surface area contributed by atoms with Gasteiger partial charge in [0.25, 0.3) is 0 Å². The predicted molar refractivity (Wildman–Crippen MR) is 113 cm³/mol. The van der Waals surface area contributed by atoms with Crippen molar-refractivity contribution in [3.05, 3.63) is 26.6 Å². The number of hydrogen-bond acceptors (Lipinski definition) is 4. The van der Waals surface area contributed by atoms with Crippen LogP contribution in [0.1, 0.15) is 58.8 Å². The fourth-order valence-corrected chi connectivity index (χ4v) is 6.10. The molecule has 1 aliphatic heterocycles. The molecule has 2 heterocycles. The molecule has 3 rings (SSSR count). The second-order valence-electron chi connectivity index (χ2n) is 9.91. The number of nitrogens with zero attached hydrogens (tertiary/aromatic N) is 1. The Bertz CT molecular complexity index is 815. The fourth-order valence-electron chi connectivity index (χ4n) is 4.36. The van der Waals surface area contributed by atoms with Crippen LogP contribution in [0.2, 0.25) is 18.1 Å². The Hall–Kier alpha value is -0.633. The first-order valence-corrected chi connectivity index (χ1v) is 13.3. The molecule has 2 aliphatic rings. The molecule has 1 aliphatic carbocycles. The zero-order valence-corrected chi connectivity index (χ0v) is 20.1. The molecular weight excluding hydrogens is 426 g/mol. The van der Waals surface area contributed by atoms with Gasteiger partial charge < -0.3 is 18.8 Å². The Balaban J connectivity index is 2.26. The van der Waals surface area contributed by atoms with E-state index in [4.69, 9.17) is 9.16 Å². The van der Waals surface area contributed by atoms with Crippen LogP contribution < -0.4 is 10.2 Å². The molecule has 27 heavy (non-hydrogen) atoms. The maximum Gasteiger partial charge on any atom is 0.237 e. The summed E-state index contributed by atoms with van der Waals surface area (Å²) in [5, 5.41) is 11.6. The third-order valence-corrected chi connectivity index (χ3v) is 12.3. The van der Waals surface area contributed by atoms with Gasteiger partial charge in [0.05, 0.1) is 35.5 Å². The van der Waals surface area contributed by atoms with Crippen molar-refractivity contribution in [1.29, 1.82) is 0 Å². The summed E-state index contributed by atoms with van der Waals surface area (Å²) in [7, 11) is -0.628. The number of halogens is 1. The fraction of sp³-hybridized carbons (Fsp3) is 0.750. The van der Waals surface area contributed by atoms with Gasteiger partial charge in [-0.2, -0.15) is 0 Å². The second-order valence-corrected chi connectivity index (χ2v) is 15.5. The first kappa shape index (κ1) is 21.1. The molecule has 3 unspecified atom stereocenters. The predicted octanol–water partition coefficient (Wildman–Crippen LogP) is 4.62. The zero-order chi connectivity index (χ0) is 20.4. The van der Waals surface area contributed by atoms with Crippen LogP contribution in [0, 0.1) is 5.41 Å². The van der Waals surface area contributed by atoms with Gasteiger partial charge in [0, 0.05) is 11.6 Å². The highest BCUT2D eigenvalue weighted by Crippen LogP contribution is 2.60. The van der Waals surface area contributed by atoms with E-state index in [2.05, 4.69) is 56.7 Å². The summed E-state index contributed by atoms with van der Waals surface area (Å²) in [5.74, 6) is 0.322. The van der Waals surface area contributed by atoms with Crippen molar-refractivity contribution in [1.82, 2.24) is 4.57 Å². The summed E-state index contributed by atoms with van der Waals surface area (Å²) in [6, 6.07) is 0. The minimum atomic E-state index is -2.16. The van der Waals surface area contributed by atoms with Crippen LogP contribution in [0.3, 0.4) is 0 Å². The maximum absolute atomic E-state index is 12.8. The molecule has 1 aromatic rings. The minimum absolute atomic E-state index is 0.0191. The third-order valence-electron chi connectivity index (χ3n) is 7.27. The van der Waals surface area contributed by atoms with Crippen LogP contribution in [0.5, 0.6) is 5.75 Å². The quantitative estimate of drug-likeness (QED) is 0.672. The number of methoxy groups -OCH3 is 1. The lowest BCUT2D eigenvalue weighted by Gasteiger charge is -2.53. The van der Waals surface area contributed by atoms with E-state index in [9.17, 15) is 9.90 Å². The summed E-state index contributed by atoms with van der Waals surface area (Å²) in [5.41, 5.74) is -0.702. The number of rotatable bonds is 3. The minimum Gasteiger partial charge on any atom is -0.491 e. The molecular formula is C20H32BrNO4Si. The van der Waals surface area contributed by atoms with Gasteiger partial charge in [-0.3, -0.25) is 4.79 Å². The summed E-state index contributed by atoms with van der Waals surface area (Å²) in [4.78, 5) is 12.8. The SMILES string of the molecule is COc1c2n(cc(Br)c1=O)CC1(O)CCCC1(C)C2O[Si](C)(C)C(C)(C)C. The molecule has 1 fully saturated rings. The summed E-state index contributed by atoms with van der Waals surface area (Å²) in [6.07, 6.45) is 3.96. The second kappa shape index (κ2) is 6.44. The van der Waals surface area contributed by atoms with Crippen molar-refractivity contribution in [3.63, 3.8) is 0 Å². The van der Waals surface area contributed by atoms with E-state index in [0.29, 0.717) is 16.8 Å². The van der Waals surface area contributed by atoms with Gasteiger partial charge in [-0.05, 0) is 53.3 Å². The van der Waals surface area contributed by atoms with Crippen molar-refractivity contribution < 1.29 is 14.3 Å². The highest BCUT2D eigenvalue weighted by atomic mass is 79.9. The highest BCUT2D eigenvalue weighted by Gasteiger charge is 2.61. The first-order valence-electron chi connectivity index (χ1n) is 9.64. The molecule has 1 saturated carbocycles. The average molecular weight is 458 g/mol. The van der Waals surface area contributed by atoms with E-state index in [1.807, 2.05) is 4.57 Å². The Kier molecular flexibility index (Phi) is 5.03.